The number of nitrogens with zero attached hydrogens (tertiary/aromatic N) is 3. The number of aliphatic carboxylic acids is 1. The number of carboxylic acid groups (broad SMARTS) is 1. The highest BCUT2D eigenvalue weighted by Crippen LogP contribution is 2.31. The Morgan fingerprint density at radius 1 is 1.30 bits per heavy atom. The predicted octanol–water partition coefficient (Wildman–Crippen LogP) is 3.21. The Hall–Kier alpha value is -2.12. The lowest BCUT2D eigenvalue weighted by Gasteiger charge is -2.31. The van der Waals surface area contributed by atoms with Crippen molar-refractivity contribution in [1.82, 2.24) is 14.8 Å². The second-order valence-electron chi connectivity index (χ2n) is 8.66. The molecule has 1 saturated heterocycles. The third-order valence-electron chi connectivity index (χ3n) is 5.94. The van der Waals surface area contributed by atoms with Crippen LogP contribution in [0, 0.1) is 11.8 Å². The third-order valence-corrected chi connectivity index (χ3v) is 6.23. The van der Waals surface area contributed by atoms with Gasteiger partial charge in [-0.25, -0.2) is 9.78 Å². The Balaban J connectivity index is 1.50. The SMILES string of the molecule is CN(C)CC1CCC(C(=O)N2CCC(Nc3ncc(/C=C/C(=O)O)cc3Cl)C2)CC1. The summed E-state index contributed by atoms with van der Waals surface area (Å²) in [6.45, 7) is 2.52. The van der Waals surface area contributed by atoms with Crippen LogP contribution in [0.4, 0.5) is 5.82 Å². The quantitative estimate of drug-likeness (QED) is 0.641. The lowest BCUT2D eigenvalue weighted by atomic mass is 9.81. The molecule has 30 heavy (non-hydrogen) atoms. The molecule has 2 fully saturated rings. The van der Waals surface area contributed by atoms with Gasteiger partial charge in [0.25, 0.3) is 0 Å². The molecule has 0 spiro atoms. The molecule has 2 aliphatic rings. The normalized spacial score (nSPS) is 24.5. The van der Waals surface area contributed by atoms with E-state index in [-0.39, 0.29) is 17.9 Å². The van der Waals surface area contributed by atoms with E-state index < -0.39 is 5.97 Å². The molecule has 0 radical (unpaired) electrons. The smallest absolute Gasteiger partial charge is 0.328 e. The van der Waals surface area contributed by atoms with Gasteiger partial charge < -0.3 is 20.2 Å². The summed E-state index contributed by atoms with van der Waals surface area (Å²) in [5.74, 6) is 0.696. The fraction of sp³-hybridized carbons (Fsp3) is 0.591. The number of anilines is 1. The van der Waals surface area contributed by atoms with E-state index in [2.05, 4.69) is 29.3 Å². The van der Waals surface area contributed by atoms with E-state index in [0.29, 0.717) is 28.9 Å². The van der Waals surface area contributed by atoms with E-state index in [1.165, 1.54) is 6.08 Å². The number of hydrogen-bond donors (Lipinski definition) is 2. The molecule has 164 valence electrons. The Morgan fingerprint density at radius 3 is 2.67 bits per heavy atom. The standard InChI is InChI=1S/C22H31ClN4O3/c1-26(2)13-15-3-6-17(7-4-15)22(30)27-10-9-18(14-27)25-21-19(23)11-16(12-24-21)5-8-20(28)29/h5,8,11-12,15,17-18H,3-4,6-7,9-10,13-14H2,1-2H3,(H,24,25)(H,28,29)/b8-5+. The maximum Gasteiger partial charge on any atom is 0.328 e. The molecule has 1 amide bonds. The molecule has 1 saturated carbocycles. The van der Waals surface area contributed by atoms with Crippen LogP contribution in [0.3, 0.4) is 0 Å². The molecular formula is C22H31ClN4O3. The van der Waals surface area contributed by atoms with Crippen molar-refractivity contribution in [2.24, 2.45) is 11.8 Å². The molecule has 1 aromatic rings. The van der Waals surface area contributed by atoms with E-state index >= 15 is 0 Å². The molecule has 7 nitrogen and oxygen atoms in total. The van der Waals surface area contributed by atoms with Crippen LogP contribution in [-0.4, -0.2) is 71.5 Å². The Bertz CT molecular complexity index is 791. The van der Waals surface area contributed by atoms with Gasteiger partial charge in [-0.15, -0.1) is 0 Å². The van der Waals surface area contributed by atoms with Crippen molar-refractivity contribution in [2.45, 2.75) is 38.1 Å². The van der Waals surface area contributed by atoms with Gasteiger partial charge >= 0.3 is 5.97 Å². The first-order chi connectivity index (χ1) is 14.3. The molecule has 2 N–H and O–H groups in total. The first-order valence-electron chi connectivity index (χ1n) is 10.6. The average molecular weight is 435 g/mol. The summed E-state index contributed by atoms with van der Waals surface area (Å²) in [5, 5.41) is 12.5. The van der Waals surface area contributed by atoms with Gasteiger partial charge in [0.2, 0.25) is 5.91 Å². The van der Waals surface area contributed by atoms with Crippen LogP contribution < -0.4 is 5.32 Å². The minimum absolute atomic E-state index is 0.115. The Morgan fingerprint density at radius 2 is 2.03 bits per heavy atom. The molecule has 8 heteroatoms. The van der Waals surface area contributed by atoms with Crippen LogP contribution in [-0.2, 0) is 9.59 Å². The summed E-state index contributed by atoms with van der Waals surface area (Å²) >= 11 is 6.30. The number of halogens is 1. The molecule has 1 aliphatic heterocycles. The van der Waals surface area contributed by atoms with Crippen LogP contribution >= 0.6 is 11.6 Å². The summed E-state index contributed by atoms with van der Waals surface area (Å²) in [6.07, 6.45) is 9.19. The number of rotatable bonds is 7. The molecule has 0 bridgehead atoms. The highest BCUT2D eigenvalue weighted by atomic mass is 35.5. The van der Waals surface area contributed by atoms with Gasteiger partial charge in [-0.2, -0.15) is 0 Å². The first kappa shape index (κ1) is 22.6. The maximum atomic E-state index is 13.0. The minimum atomic E-state index is -1.02. The zero-order chi connectivity index (χ0) is 21.7. The van der Waals surface area contributed by atoms with Gasteiger partial charge in [-0.3, -0.25) is 4.79 Å². The van der Waals surface area contributed by atoms with E-state index in [0.717, 1.165) is 51.3 Å². The molecule has 1 aliphatic carbocycles. The van der Waals surface area contributed by atoms with E-state index in [4.69, 9.17) is 16.7 Å². The number of hydrogen-bond acceptors (Lipinski definition) is 5. The van der Waals surface area contributed by atoms with Gasteiger partial charge in [-0.1, -0.05) is 11.6 Å². The van der Waals surface area contributed by atoms with Gasteiger partial charge in [0, 0.05) is 43.9 Å². The summed E-state index contributed by atoms with van der Waals surface area (Å²) in [5.41, 5.74) is 0.626. The fourth-order valence-corrected chi connectivity index (χ4v) is 4.69. The zero-order valence-corrected chi connectivity index (χ0v) is 18.4. The van der Waals surface area contributed by atoms with Crippen LogP contribution in [0.2, 0.25) is 5.02 Å². The van der Waals surface area contributed by atoms with Crippen molar-refractivity contribution in [3.63, 3.8) is 0 Å². The Labute approximate surface area is 183 Å². The van der Waals surface area contributed by atoms with Crippen molar-refractivity contribution >= 4 is 35.4 Å². The lowest BCUT2D eigenvalue weighted by molar-refractivity contribution is -0.136. The monoisotopic (exact) mass is 434 g/mol. The van der Waals surface area contributed by atoms with Crippen LogP contribution in [0.1, 0.15) is 37.7 Å². The van der Waals surface area contributed by atoms with Crippen LogP contribution in [0.5, 0.6) is 0 Å². The number of carbonyl (C=O) groups is 2. The van der Waals surface area contributed by atoms with E-state index in [1.807, 2.05) is 4.90 Å². The molecular weight excluding hydrogens is 404 g/mol. The third kappa shape index (κ3) is 6.19. The molecule has 0 aromatic carbocycles. The number of amides is 1. The zero-order valence-electron chi connectivity index (χ0n) is 17.7. The van der Waals surface area contributed by atoms with Crippen molar-refractivity contribution in [3.05, 3.63) is 28.9 Å². The predicted molar refractivity (Wildman–Crippen MR) is 119 cm³/mol. The molecule has 1 atom stereocenters. The van der Waals surface area contributed by atoms with Crippen molar-refractivity contribution in [2.75, 3.05) is 39.0 Å². The summed E-state index contributed by atoms with van der Waals surface area (Å²) < 4.78 is 0. The summed E-state index contributed by atoms with van der Waals surface area (Å²) in [6, 6.07) is 1.80. The molecule has 2 heterocycles. The molecule has 3 rings (SSSR count). The number of nitrogens with one attached hydrogen (secondary N) is 1. The number of pyridine rings is 1. The van der Waals surface area contributed by atoms with Gasteiger partial charge in [0.05, 0.1) is 5.02 Å². The van der Waals surface area contributed by atoms with E-state index in [9.17, 15) is 9.59 Å². The van der Waals surface area contributed by atoms with Crippen molar-refractivity contribution in [3.8, 4) is 0 Å². The van der Waals surface area contributed by atoms with Gasteiger partial charge in [-0.05, 0) is 69.8 Å². The van der Waals surface area contributed by atoms with Crippen LogP contribution in [0.25, 0.3) is 6.08 Å². The second-order valence-corrected chi connectivity index (χ2v) is 9.07. The summed E-state index contributed by atoms with van der Waals surface area (Å²) in [4.78, 5) is 32.1. The van der Waals surface area contributed by atoms with Crippen molar-refractivity contribution < 1.29 is 14.7 Å². The second kappa shape index (κ2) is 10.3. The number of likely N-dealkylation sites (tertiary alicyclic amines) is 1. The number of carboxylic acids is 1. The minimum Gasteiger partial charge on any atom is -0.478 e. The topological polar surface area (TPSA) is 85.8 Å². The van der Waals surface area contributed by atoms with Crippen molar-refractivity contribution in [1.29, 1.82) is 0 Å². The van der Waals surface area contributed by atoms with Crippen LogP contribution in [0.15, 0.2) is 18.3 Å². The average Bonchev–Trinajstić information content (AvgIpc) is 3.16. The van der Waals surface area contributed by atoms with Gasteiger partial charge in [0.15, 0.2) is 0 Å². The largest absolute Gasteiger partial charge is 0.478 e. The Kier molecular flexibility index (Phi) is 7.72. The fourth-order valence-electron chi connectivity index (χ4n) is 4.46. The summed E-state index contributed by atoms with van der Waals surface area (Å²) in [7, 11) is 4.21. The molecule has 1 aromatic heterocycles. The number of aromatic nitrogens is 1. The maximum absolute atomic E-state index is 13.0. The lowest BCUT2D eigenvalue weighted by Crippen LogP contribution is -2.38. The first-order valence-corrected chi connectivity index (χ1v) is 11.0. The molecule has 1 unspecified atom stereocenters. The number of carbonyl (C=O) groups excluding carboxylic acids is 1. The van der Waals surface area contributed by atoms with E-state index in [1.54, 1.807) is 12.3 Å². The van der Waals surface area contributed by atoms with Gasteiger partial charge in [0.1, 0.15) is 5.82 Å². The highest BCUT2D eigenvalue weighted by molar-refractivity contribution is 6.33. The highest BCUT2D eigenvalue weighted by Gasteiger charge is 2.33.